The van der Waals surface area contributed by atoms with Gasteiger partial charge in [-0.05, 0) is 26.7 Å². The number of nitrogens with zero attached hydrogens (tertiary/aromatic N) is 2. The van der Waals surface area contributed by atoms with Gasteiger partial charge in [0.1, 0.15) is 0 Å². The summed E-state index contributed by atoms with van der Waals surface area (Å²) in [6, 6.07) is 0.468. The maximum atomic E-state index is 6.45. The van der Waals surface area contributed by atoms with Gasteiger partial charge in [-0.3, -0.25) is 4.68 Å². The van der Waals surface area contributed by atoms with E-state index >= 15 is 0 Å². The van der Waals surface area contributed by atoms with Crippen LogP contribution in [0.2, 0.25) is 5.02 Å². The van der Waals surface area contributed by atoms with Gasteiger partial charge in [0.2, 0.25) is 0 Å². The van der Waals surface area contributed by atoms with Gasteiger partial charge >= 0.3 is 0 Å². The van der Waals surface area contributed by atoms with E-state index in [9.17, 15) is 0 Å². The van der Waals surface area contributed by atoms with Crippen molar-refractivity contribution in [1.29, 1.82) is 0 Å². The lowest BCUT2D eigenvalue weighted by atomic mass is 9.64. The summed E-state index contributed by atoms with van der Waals surface area (Å²) >= 11 is 6.45. The fraction of sp³-hybridized carbons (Fsp3) is 0.812. The Bertz CT molecular complexity index is 484. The molecule has 2 atom stereocenters. The molecule has 1 saturated carbocycles. The number of aryl methyl sites for hydroxylation is 2. The summed E-state index contributed by atoms with van der Waals surface area (Å²) in [5.41, 5.74) is 2.27. The number of rotatable bonds is 7. The Morgan fingerprint density at radius 3 is 2.62 bits per heavy atom. The van der Waals surface area contributed by atoms with Gasteiger partial charge in [-0.25, -0.2) is 0 Å². The van der Waals surface area contributed by atoms with E-state index < -0.39 is 0 Å². The van der Waals surface area contributed by atoms with Gasteiger partial charge in [-0.1, -0.05) is 32.4 Å². The summed E-state index contributed by atoms with van der Waals surface area (Å²) in [6.45, 7) is 13.2. The van der Waals surface area contributed by atoms with Gasteiger partial charge in [-0.2, -0.15) is 5.10 Å². The number of hydrogen-bond acceptors (Lipinski definition) is 3. The van der Waals surface area contributed by atoms with Crippen LogP contribution >= 0.6 is 11.6 Å². The van der Waals surface area contributed by atoms with E-state index in [0.29, 0.717) is 12.1 Å². The van der Waals surface area contributed by atoms with Crippen LogP contribution in [0.4, 0.5) is 0 Å². The van der Waals surface area contributed by atoms with Gasteiger partial charge in [0.15, 0.2) is 0 Å². The van der Waals surface area contributed by atoms with E-state index in [0.717, 1.165) is 48.9 Å². The monoisotopic (exact) mass is 313 g/mol. The van der Waals surface area contributed by atoms with E-state index in [1.807, 2.05) is 4.68 Å². The first-order valence-corrected chi connectivity index (χ1v) is 8.42. The SMILES string of the molecule is CCOC1CC(NCc2c(Cl)c(CC)nn2CC)C1(C)C. The maximum absolute atomic E-state index is 6.45. The molecule has 0 saturated heterocycles. The van der Waals surface area contributed by atoms with Gasteiger partial charge < -0.3 is 10.1 Å². The Morgan fingerprint density at radius 1 is 1.38 bits per heavy atom. The molecule has 4 nitrogen and oxygen atoms in total. The molecule has 1 N–H and O–H groups in total. The second kappa shape index (κ2) is 6.67. The third kappa shape index (κ3) is 3.13. The summed E-state index contributed by atoms with van der Waals surface area (Å²) < 4.78 is 7.80. The normalized spacial score (nSPS) is 24.1. The Kier molecular flexibility index (Phi) is 5.33. The molecule has 1 fully saturated rings. The lowest BCUT2D eigenvalue weighted by molar-refractivity contribution is -0.114. The third-order valence-corrected chi connectivity index (χ3v) is 5.19. The molecule has 1 heterocycles. The van der Waals surface area contributed by atoms with Crippen molar-refractivity contribution in [3.05, 3.63) is 16.4 Å². The van der Waals surface area contributed by atoms with Crippen LogP contribution in [0.5, 0.6) is 0 Å². The highest BCUT2D eigenvalue weighted by atomic mass is 35.5. The van der Waals surface area contributed by atoms with Crippen molar-refractivity contribution >= 4 is 11.6 Å². The lowest BCUT2D eigenvalue weighted by Crippen LogP contribution is -2.60. The highest BCUT2D eigenvalue weighted by Crippen LogP contribution is 2.43. The largest absolute Gasteiger partial charge is 0.378 e. The standard InChI is InChI=1S/C16H28ClN3O/c1-6-11-15(17)12(20(7-2)19-11)10-18-13-9-14(21-8-3)16(13,4)5/h13-14,18H,6-10H2,1-5H3. The van der Waals surface area contributed by atoms with Crippen LogP contribution in [-0.2, 0) is 24.2 Å². The summed E-state index contributed by atoms with van der Waals surface area (Å²) in [4.78, 5) is 0. The van der Waals surface area contributed by atoms with Crippen molar-refractivity contribution < 1.29 is 4.74 Å². The summed E-state index contributed by atoms with van der Waals surface area (Å²) in [5.74, 6) is 0. The molecule has 21 heavy (non-hydrogen) atoms. The van der Waals surface area contributed by atoms with Crippen molar-refractivity contribution in [3.8, 4) is 0 Å². The van der Waals surface area contributed by atoms with Crippen LogP contribution in [0.1, 0.15) is 52.4 Å². The molecule has 0 aromatic carbocycles. The molecule has 0 amide bonds. The predicted octanol–water partition coefficient (Wildman–Crippen LogP) is 3.41. The topological polar surface area (TPSA) is 39.1 Å². The molecule has 120 valence electrons. The zero-order chi connectivity index (χ0) is 15.6. The molecule has 2 unspecified atom stereocenters. The zero-order valence-corrected chi connectivity index (χ0v) is 14.6. The summed E-state index contributed by atoms with van der Waals surface area (Å²) in [7, 11) is 0. The minimum atomic E-state index is 0.174. The Morgan fingerprint density at radius 2 is 2.10 bits per heavy atom. The number of halogens is 1. The van der Waals surface area contributed by atoms with Gasteiger partial charge in [0, 0.05) is 31.2 Å². The Labute approximate surface area is 133 Å². The van der Waals surface area contributed by atoms with E-state index in [1.54, 1.807) is 0 Å². The molecular weight excluding hydrogens is 286 g/mol. The van der Waals surface area contributed by atoms with Gasteiger partial charge in [0.05, 0.1) is 22.5 Å². The second-order valence-corrected chi connectivity index (χ2v) is 6.69. The quantitative estimate of drug-likeness (QED) is 0.838. The van der Waals surface area contributed by atoms with Crippen LogP contribution in [0.3, 0.4) is 0 Å². The van der Waals surface area contributed by atoms with Crippen molar-refractivity contribution in [2.75, 3.05) is 6.61 Å². The molecule has 0 aliphatic heterocycles. The molecule has 0 radical (unpaired) electrons. The van der Waals surface area contributed by atoms with Crippen molar-refractivity contribution in [2.24, 2.45) is 5.41 Å². The second-order valence-electron chi connectivity index (χ2n) is 6.31. The van der Waals surface area contributed by atoms with E-state index in [-0.39, 0.29) is 5.41 Å². The van der Waals surface area contributed by atoms with Crippen molar-refractivity contribution in [3.63, 3.8) is 0 Å². The van der Waals surface area contributed by atoms with E-state index in [1.165, 1.54) is 0 Å². The van der Waals surface area contributed by atoms with Crippen LogP contribution in [0.25, 0.3) is 0 Å². The fourth-order valence-corrected chi connectivity index (χ4v) is 3.46. The lowest BCUT2D eigenvalue weighted by Gasteiger charge is -2.52. The molecule has 1 aromatic rings. The first-order valence-electron chi connectivity index (χ1n) is 8.04. The minimum absolute atomic E-state index is 0.174. The van der Waals surface area contributed by atoms with Crippen LogP contribution in [0, 0.1) is 5.41 Å². The third-order valence-electron chi connectivity index (χ3n) is 4.76. The molecular formula is C16H28ClN3O. The number of ether oxygens (including phenoxy) is 1. The summed E-state index contributed by atoms with van der Waals surface area (Å²) in [5, 5.41) is 9.04. The average Bonchev–Trinajstić information content (AvgIpc) is 2.78. The Hall–Kier alpha value is -0.580. The van der Waals surface area contributed by atoms with Gasteiger partial charge in [-0.15, -0.1) is 0 Å². The zero-order valence-electron chi connectivity index (χ0n) is 13.9. The Balaban J connectivity index is 2.00. The smallest absolute Gasteiger partial charge is 0.0863 e. The van der Waals surface area contributed by atoms with E-state index in [4.69, 9.17) is 16.3 Å². The first kappa shape index (κ1) is 16.8. The first-order chi connectivity index (χ1) is 9.95. The molecule has 0 spiro atoms. The molecule has 0 bridgehead atoms. The molecule has 5 heteroatoms. The summed E-state index contributed by atoms with van der Waals surface area (Å²) in [6.07, 6.45) is 2.30. The molecule has 2 rings (SSSR count). The van der Waals surface area contributed by atoms with Crippen molar-refractivity contribution in [2.45, 2.75) is 72.7 Å². The predicted molar refractivity (Wildman–Crippen MR) is 86.7 cm³/mol. The molecule has 1 aromatic heterocycles. The molecule has 1 aliphatic carbocycles. The fourth-order valence-electron chi connectivity index (χ4n) is 3.12. The van der Waals surface area contributed by atoms with Crippen LogP contribution in [-0.4, -0.2) is 28.5 Å². The van der Waals surface area contributed by atoms with Crippen LogP contribution < -0.4 is 5.32 Å². The minimum Gasteiger partial charge on any atom is -0.378 e. The van der Waals surface area contributed by atoms with Crippen LogP contribution in [0.15, 0.2) is 0 Å². The number of hydrogen-bond donors (Lipinski definition) is 1. The molecule has 1 aliphatic rings. The highest BCUT2D eigenvalue weighted by molar-refractivity contribution is 6.31. The highest BCUT2D eigenvalue weighted by Gasteiger charge is 2.48. The van der Waals surface area contributed by atoms with Gasteiger partial charge in [0.25, 0.3) is 0 Å². The van der Waals surface area contributed by atoms with Crippen molar-refractivity contribution in [1.82, 2.24) is 15.1 Å². The number of nitrogens with one attached hydrogen (secondary N) is 1. The average molecular weight is 314 g/mol. The maximum Gasteiger partial charge on any atom is 0.0863 e. The number of aromatic nitrogens is 2. The van der Waals surface area contributed by atoms with E-state index in [2.05, 4.69) is 45.0 Å².